The van der Waals surface area contributed by atoms with Gasteiger partial charge in [0.2, 0.25) is 11.8 Å². The van der Waals surface area contributed by atoms with Gasteiger partial charge in [-0.1, -0.05) is 6.07 Å². The van der Waals surface area contributed by atoms with Gasteiger partial charge in [-0.25, -0.2) is 4.79 Å². The second-order valence-corrected chi connectivity index (χ2v) is 11.3. The molecule has 5 aliphatic rings. The van der Waals surface area contributed by atoms with Crippen molar-refractivity contribution in [1.82, 2.24) is 15.5 Å². The van der Waals surface area contributed by atoms with Crippen molar-refractivity contribution in [2.45, 2.75) is 74.7 Å². The summed E-state index contributed by atoms with van der Waals surface area (Å²) >= 11 is 0. The van der Waals surface area contributed by atoms with E-state index in [4.69, 9.17) is 9.47 Å². The molecule has 1 saturated heterocycles. The normalized spacial score (nSPS) is 32.8. The fourth-order valence-electron chi connectivity index (χ4n) is 7.45. The minimum Gasteiger partial charge on any atom is -0.504 e. The van der Waals surface area contributed by atoms with E-state index in [0.717, 1.165) is 36.4 Å². The van der Waals surface area contributed by atoms with Crippen LogP contribution in [0.2, 0.25) is 0 Å². The molecule has 38 heavy (non-hydrogen) atoms. The topological polar surface area (TPSA) is 137 Å². The smallest absolute Gasteiger partial charge is 0.330 e. The number of piperidine rings is 1. The van der Waals surface area contributed by atoms with Gasteiger partial charge < -0.3 is 30.3 Å². The van der Waals surface area contributed by atoms with Gasteiger partial charge in [-0.3, -0.25) is 14.5 Å². The Bertz CT molecular complexity index is 1200. The first-order valence-electron chi connectivity index (χ1n) is 13.7. The Morgan fingerprint density at radius 1 is 1.21 bits per heavy atom. The van der Waals surface area contributed by atoms with Crippen molar-refractivity contribution in [1.29, 1.82) is 0 Å². The summed E-state index contributed by atoms with van der Waals surface area (Å²) in [5.74, 6) is -0.411. The summed E-state index contributed by atoms with van der Waals surface area (Å²) in [5, 5.41) is 28.7. The number of carbonyl (C=O) groups excluding carboxylic acids is 3. The van der Waals surface area contributed by atoms with Crippen LogP contribution in [0.3, 0.4) is 0 Å². The second kappa shape index (κ2) is 9.27. The number of phenolic OH excluding ortho intramolecular Hbond substituents is 1. The molecule has 5 atom stereocenters. The number of aromatic hydroxyl groups is 1. The predicted octanol–water partition coefficient (Wildman–Crippen LogP) is 0.677. The predicted molar refractivity (Wildman–Crippen MR) is 136 cm³/mol. The molecule has 2 amide bonds. The van der Waals surface area contributed by atoms with Crippen molar-refractivity contribution in [2.75, 3.05) is 26.2 Å². The largest absolute Gasteiger partial charge is 0.504 e. The molecular formula is C28H35N3O7. The Labute approximate surface area is 221 Å². The van der Waals surface area contributed by atoms with Crippen molar-refractivity contribution in [2.24, 2.45) is 5.92 Å². The zero-order valence-corrected chi connectivity index (χ0v) is 21.6. The Balaban J connectivity index is 1.21. The first-order chi connectivity index (χ1) is 18.3. The highest BCUT2D eigenvalue weighted by Gasteiger charge is 2.73. The summed E-state index contributed by atoms with van der Waals surface area (Å²) in [4.78, 5) is 38.7. The summed E-state index contributed by atoms with van der Waals surface area (Å²) < 4.78 is 11.2. The zero-order valence-electron chi connectivity index (χ0n) is 21.6. The van der Waals surface area contributed by atoms with Gasteiger partial charge in [0, 0.05) is 30.3 Å². The van der Waals surface area contributed by atoms with Crippen molar-refractivity contribution in [3.8, 4) is 11.5 Å². The molecule has 3 aliphatic carbocycles. The van der Waals surface area contributed by atoms with Crippen LogP contribution in [0.1, 0.15) is 50.2 Å². The van der Waals surface area contributed by atoms with E-state index in [0.29, 0.717) is 37.4 Å². The van der Waals surface area contributed by atoms with Gasteiger partial charge in [0.25, 0.3) is 0 Å². The summed E-state index contributed by atoms with van der Waals surface area (Å²) in [6.07, 6.45) is 6.43. The van der Waals surface area contributed by atoms with Gasteiger partial charge in [-0.2, -0.15) is 0 Å². The summed E-state index contributed by atoms with van der Waals surface area (Å²) in [7, 11) is 0. The molecule has 10 nitrogen and oxygen atoms in total. The molecule has 1 spiro atoms. The van der Waals surface area contributed by atoms with E-state index in [1.54, 1.807) is 13.0 Å². The van der Waals surface area contributed by atoms with E-state index in [1.165, 1.54) is 12.8 Å². The van der Waals surface area contributed by atoms with Crippen molar-refractivity contribution in [3.63, 3.8) is 0 Å². The standard InChI is InChI=1S/C28H35N3O7/c1-2-37-23(35)8-7-21(33)29-14-22(34)30-18-9-10-28(36)20-13-17-5-6-19(32)25-24(17)27(28,26(18)38-25)11-12-31(20)15-16-3-4-16/h5-8,16,18,20,26,32,36H,2-4,9-15H2,1H3,(H,29,33)(H,30,34)/b8-7+/t18-,20?,26+,27?,28-/m1/s1. The molecule has 204 valence electrons. The maximum atomic E-state index is 12.9. The van der Waals surface area contributed by atoms with Gasteiger partial charge in [-0.05, 0) is 69.5 Å². The maximum absolute atomic E-state index is 12.9. The van der Waals surface area contributed by atoms with Gasteiger partial charge in [0.15, 0.2) is 11.5 Å². The van der Waals surface area contributed by atoms with Crippen LogP contribution >= 0.6 is 0 Å². The number of aliphatic hydroxyl groups is 1. The molecular weight excluding hydrogens is 490 g/mol. The summed E-state index contributed by atoms with van der Waals surface area (Å²) in [6, 6.07) is 3.19. The number of amides is 2. The van der Waals surface area contributed by atoms with Crippen molar-refractivity contribution in [3.05, 3.63) is 35.4 Å². The average Bonchev–Trinajstić information content (AvgIpc) is 3.63. The monoisotopic (exact) mass is 525 g/mol. The molecule has 0 radical (unpaired) electrons. The fraction of sp³-hybridized carbons (Fsp3) is 0.607. The quantitative estimate of drug-likeness (QED) is 0.287. The molecule has 1 aromatic rings. The highest BCUT2D eigenvalue weighted by molar-refractivity contribution is 5.96. The lowest BCUT2D eigenvalue weighted by Crippen LogP contribution is -2.78. The minimum absolute atomic E-state index is 0.0342. The average molecular weight is 526 g/mol. The molecule has 2 aliphatic heterocycles. The lowest BCUT2D eigenvalue weighted by atomic mass is 9.48. The molecule has 10 heteroatoms. The number of nitrogens with one attached hydrogen (secondary N) is 2. The van der Waals surface area contributed by atoms with Crippen LogP contribution in [0.4, 0.5) is 0 Å². The zero-order chi connectivity index (χ0) is 26.7. The Morgan fingerprint density at radius 2 is 2.03 bits per heavy atom. The SMILES string of the molecule is CCOC(=O)/C=C/C(=O)NCC(=O)N[C@@H]1CC[C@@]2(O)C3Cc4ccc(O)c5c4C2(CCN3CC2CC2)[C@H]1O5. The molecule has 4 N–H and O–H groups in total. The van der Waals surface area contributed by atoms with Gasteiger partial charge in [-0.15, -0.1) is 0 Å². The minimum atomic E-state index is -1.02. The Hall–Kier alpha value is -3.11. The molecule has 0 aromatic heterocycles. The third kappa shape index (κ3) is 3.88. The second-order valence-electron chi connectivity index (χ2n) is 11.3. The lowest BCUT2D eigenvalue weighted by molar-refractivity contribution is -0.192. The lowest BCUT2D eigenvalue weighted by Gasteiger charge is -2.64. The Morgan fingerprint density at radius 3 is 2.79 bits per heavy atom. The van der Waals surface area contributed by atoms with E-state index in [2.05, 4.69) is 15.5 Å². The number of nitrogens with zero attached hydrogens (tertiary/aromatic N) is 1. The number of hydrogen-bond donors (Lipinski definition) is 4. The van der Waals surface area contributed by atoms with Gasteiger partial charge in [0.05, 0.1) is 30.2 Å². The van der Waals surface area contributed by atoms with Crippen LogP contribution < -0.4 is 15.4 Å². The number of carbonyl (C=O) groups is 3. The number of rotatable bonds is 8. The number of likely N-dealkylation sites (tertiary alicyclic amines) is 1. The van der Waals surface area contributed by atoms with Crippen LogP contribution in [0, 0.1) is 5.92 Å². The number of benzene rings is 1. The van der Waals surface area contributed by atoms with Gasteiger partial charge in [0.1, 0.15) is 6.10 Å². The number of esters is 1. The van der Waals surface area contributed by atoms with Crippen LogP contribution in [-0.4, -0.2) is 82.9 Å². The van der Waals surface area contributed by atoms with E-state index < -0.39 is 40.9 Å². The number of hydrogen-bond acceptors (Lipinski definition) is 8. The van der Waals surface area contributed by atoms with E-state index >= 15 is 0 Å². The molecule has 2 bridgehead atoms. The van der Waals surface area contributed by atoms with Crippen molar-refractivity contribution >= 4 is 17.8 Å². The third-order valence-corrected chi connectivity index (χ3v) is 9.19. The third-order valence-electron chi connectivity index (χ3n) is 9.19. The number of phenols is 1. The molecule has 2 saturated carbocycles. The molecule has 2 unspecified atom stereocenters. The Kier molecular flexibility index (Phi) is 6.14. The summed E-state index contributed by atoms with van der Waals surface area (Å²) in [6.45, 7) is 3.44. The van der Waals surface area contributed by atoms with Crippen LogP contribution in [0.15, 0.2) is 24.3 Å². The van der Waals surface area contributed by atoms with E-state index in [1.807, 2.05) is 6.07 Å². The molecule has 1 aromatic carbocycles. The molecule has 6 rings (SSSR count). The fourth-order valence-corrected chi connectivity index (χ4v) is 7.45. The molecule has 2 heterocycles. The van der Waals surface area contributed by atoms with Crippen LogP contribution in [0.25, 0.3) is 0 Å². The highest BCUT2D eigenvalue weighted by Crippen LogP contribution is 2.65. The number of ether oxygens (including phenoxy) is 2. The van der Waals surface area contributed by atoms with E-state index in [9.17, 15) is 24.6 Å². The van der Waals surface area contributed by atoms with Crippen LogP contribution in [0.5, 0.6) is 11.5 Å². The highest BCUT2D eigenvalue weighted by atomic mass is 16.5. The van der Waals surface area contributed by atoms with Gasteiger partial charge >= 0.3 is 5.97 Å². The van der Waals surface area contributed by atoms with Crippen molar-refractivity contribution < 1.29 is 34.1 Å². The first-order valence-corrected chi connectivity index (χ1v) is 13.7. The van der Waals surface area contributed by atoms with Crippen LogP contribution in [-0.2, 0) is 31.0 Å². The first kappa shape index (κ1) is 25.2. The molecule has 3 fully saturated rings. The maximum Gasteiger partial charge on any atom is 0.330 e. The summed E-state index contributed by atoms with van der Waals surface area (Å²) in [5.41, 5.74) is 0.262. The van der Waals surface area contributed by atoms with E-state index in [-0.39, 0.29) is 24.9 Å².